The molecule has 0 aliphatic heterocycles. The second kappa shape index (κ2) is 5.43. The number of carbonyl (C=O) groups is 1. The lowest BCUT2D eigenvalue weighted by molar-refractivity contribution is -0.145. The first kappa shape index (κ1) is 11.6. The number of rotatable bonds is 4. The van der Waals surface area contributed by atoms with E-state index in [-0.39, 0.29) is 23.9 Å². The first-order chi connectivity index (χ1) is 6.63. The highest BCUT2D eigenvalue weighted by Gasteiger charge is 2.31. The third-order valence-corrected chi connectivity index (χ3v) is 2.66. The molecular formula is C8H14O5S. The van der Waals surface area contributed by atoms with Crippen LogP contribution >= 0.6 is 0 Å². The van der Waals surface area contributed by atoms with E-state index in [0.717, 1.165) is 12.8 Å². The van der Waals surface area contributed by atoms with Crippen LogP contribution in [0.4, 0.5) is 0 Å². The maximum atomic E-state index is 11.1. The van der Waals surface area contributed by atoms with Crippen LogP contribution in [0, 0.1) is 5.92 Å². The zero-order valence-corrected chi connectivity index (χ0v) is 8.79. The molecule has 1 fully saturated rings. The molecule has 0 aromatic heterocycles. The Hall–Kier alpha value is -0.460. The summed E-state index contributed by atoms with van der Waals surface area (Å²) in [6.07, 6.45) is 1.98. The normalized spacial score (nSPS) is 28.7. The minimum Gasteiger partial charge on any atom is -0.469 e. The summed E-state index contributed by atoms with van der Waals surface area (Å²) >= 11 is -1.92. The van der Waals surface area contributed by atoms with Crippen LogP contribution in [0.1, 0.15) is 19.3 Å². The van der Waals surface area contributed by atoms with E-state index in [2.05, 4.69) is 4.74 Å². The summed E-state index contributed by atoms with van der Waals surface area (Å²) in [5, 5.41) is 0. The Labute approximate surface area is 85.1 Å². The van der Waals surface area contributed by atoms with Gasteiger partial charge in [0.1, 0.15) is 5.94 Å². The van der Waals surface area contributed by atoms with Crippen LogP contribution in [0.5, 0.6) is 0 Å². The number of esters is 1. The van der Waals surface area contributed by atoms with Crippen molar-refractivity contribution in [2.45, 2.75) is 25.4 Å². The Kier molecular flexibility index (Phi) is 4.50. The number of methoxy groups -OCH3 is 1. The lowest BCUT2D eigenvalue weighted by Crippen LogP contribution is -2.16. The maximum Gasteiger partial charge on any atom is 0.308 e. The van der Waals surface area contributed by atoms with Crippen molar-refractivity contribution in [1.29, 1.82) is 0 Å². The molecule has 0 aromatic rings. The minimum absolute atomic E-state index is 0.0878. The third-order valence-electron chi connectivity index (χ3n) is 2.32. The van der Waals surface area contributed by atoms with Gasteiger partial charge in [0.15, 0.2) is 11.1 Å². The molecule has 82 valence electrons. The molecule has 0 amide bonds. The van der Waals surface area contributed by atoms with Crippen molar-refractivity contribution in [3.63, 3.8) is 0 Å². The van der Waals surface area contributed by atoms with E-state index in [1.165, 1.54) is 7.11 Å². The molecule has 1 saturated carbocycles. The van der Waals surface area contributed by atoms with E-state index in [1.807, 2.05) is 0 Å². The highest BCUT2D eigenvalue weighted by molar-refractivity contribution is 7.79. The van der Waals surface area contributed by atoms with Crippen molar-refractivity contribution in [2.24, 2.45) is 5.92 Å². The van der Waals surface area contributed by atoms with Gasteiger partial charge in [-0.15, -0.1) is 0 Å². The van der Waals surface area contributed by atoms with Crippen LogP contribution in [-0.4, -0.2) is 33.9 Å². The Bertz CT molecular complexity index is 230. The van der Waals surface area contributed by atoms with E-state index < -0.39 is 11.1 Å². The van der Waals surface area contributed by atoms with Gasteiger partial charge >= 0.3 is 5.97 Å². The van der Waals surface area contributed by atoms with Crippen molar-refractivity contribution < 1.29 is 23.0 Å². The standard InChI is InChI=1S/C8H14O5S/c1-12-8(9)6-2-3-7(4-6)13-5-14(10)11/h6-7H,2-5H2,1H3,(H,10,11). The maximum absolute atomic E-state index is 11.1. The Morgan fingerprint density at radius 2 is 2.29 bits per heavy atom. The van der Waals surface area contributed by atoms with Gasteiger partial charge in [0.05, 0.1) is 19.1 Å². The van der Waals surface area contributed by atoms with Crippen molar-refractivity contribution in [3.05, 3.63) is 0 Å². The molecule has 1 aliphatic rings. The van der Waals surface area contributed by atoms with Gasteiger partial charge in [0.25, 0.3) is 0 Å². The van der Waals surface area contributed by atoms with Crippen LogP contribution in [-0.2, 0) is 25.3 Å². The minimum atomic E-state index is -1.92. The van der Waals surface area contributed by atoms with Crippen molar-refractivity contribution in [2.75, 3.05) is 13.0 Å². The highest BCUT2D eigenvalue weighted by atomic mass is 32.2. The number of hydrogen-bond donors (Lipinski definition) is 1. The summed E-state index contributed by atoms with van der Waals surface area (Å²) in [6.45, 7) is 0. The van der Waals surface area contributed by atoms with E-state index in [4.69, 9.17) is 9.29 Å². The van der Waals surface area contributed by atoms with E-state index >= 15 is 0 Å². The second-order valence-corrected chi connectivity index (χ2v) is 4.14. The number of ether oxygens (including phenoxy) is 2. The fourth-order valence-electron chi connectivity index (χ4n) is 1.63. The summed E-state index contributed by atoms with van der Waals surface area (Å²) < 4.78 is 28.5. The molecule has 1 rings (SSSR count). The zero-order chi connectivity index (χ0) is 10.6. The molecule has 14 heavy (non-hydrogen) atoms. The number of carbonyl (C=O) groups excluding carboxylic acids is 1. The first-order valence-electron chi connectivity index (χ1n) is 4.40. The van der Waals surface area contributed by atoms with Gasteiger partial charge in [-0.3, -0.25) is 4.79 Å². The predicted octanol–water partition coefficient (Wildman–Crippen LogP) is 0.524. The molecule has 3 atom stereocenters. The molecule has 1 aliphatic carbocycles. The Morgan fingerprint density at radius 1 is 1.57 bits per heavy atom. The largest absolute Gasteiger partial charge is 0.469 e. The van der Waals surface area contributed by atoms with Crippen molar-refractivity contribution in [1.82, 2.24) is 0 Å². The van der Waals surface area contributed by atoms with Crippen molar-refractivity contribution >= 4 is 17.0 Å². The SMILES string of the molecule is COC(=O)C1CCC(OCS(=O)O)C1. The van der Waals surface area contributed by atoms with E-state index in [1.54, 1.807) is 0 Å². The quantitative estimate of drug-likeness (QED) is 0.554. The van der Waals surface area contributed by atoms with Gasteiger partial charge < -0.3 is 14.0 Å². The zero-order valence-electron chi connectivity index (χ0n) is 7.97. The Morgan fingerprint density at radius 3 is 2.86 bits per heavy atom. The monoisotopic (exact) mass is 222 g/mol. The summed E-state index contributed by atoms with van der Waals surface area (Å²) in [4.78, 5) is 11.1. The molecule has 0 radical (unpaired) electrons. The van der Waals surface area contributed by atoms with Crippen LogP contribution in [0.3, 0.4) is 0 Å². The molecule has 0 spiro atoms. The topological polar surface area (TPSA) is 72.8 Å². The van der Waals surface area contributed by atoms with Gasteiger partial charge in [0, 0.05) is 0 Å². The van der Waals surface area contributed by atoms with Gasteiger partial charge in [-0.1, -0.05) is 0 Å². The predicted molar refractivity (Wildman–Crippen MR) is 49.9 cm³/mol. The lowest BCUT2D eigenvalue weighted by Gasteiger charge is -2.09. The Balaban J connectivity index is 2.27. The average Bonchev–Trinajstić information content (AvgIpc) is 2.62. The molecule has 3 unspecified atom stereocenters. The van der Waals surface area contributed by atoms with E-state index in [9.17, 15) is 9.00 Å². The van der Waals surface area contributed by atoms with Gasteiger partial charge in [-0.2, -0.15) is 0 Å². The summed E-state index contributed by atoms with van der Waals surface area (Å²) in [7, 11) is 1.36. The van der Waals surface area contributed by atoms with Crippen LogP contribution in [0.2, 0.25) is 0 Å². The molecule has 0 heterocycles. The van der Waals surface area contributed by atoms with Crippen molar-refractivity contribution in [3.8, 4) is 0 Å². The summed E-state index contributed by atoms with van der Waals surface area (Å²) in [5.74, 6) is -0.517. The molecular weight excluding hydrogens is 208 g/mol. The van der Waals surface area contributed by atoms with Crippen LogP contribution in [0.15, 0.2) is 0 Å². The van der Waals surface area contributed by atoms with Gasteiger partial charge in [-0.25, -0.2) is 4.21 Å². The first-order valence-corrected chi connectivity index (χ1v) is 5.68. The molecule has 0 saturated heterocycles. The lowest BCUT2D eigenvalue weighted by atomic mass is 10.1. The number of hydrogen-bond acceptors (Lipinski definition) is 4. The van der Waals surface area contributed by atoms with Crippen LogP contribution < -0.4 is 0 Å². The summed E-state index contributed by atoms with van der Waals surface area (Å²) in [5.41, 5.74) is 0. The third kappa shape index (κ3) is 3.36. The summed E-state index contributed by atoms with van der Waals surface area (Å²) in [6, 6.07) is 0. The smallest absolute Gasteiger partial charge is 0.308 e. The molecule has 0 aromatic carbocycles. The fraction of sp³-hybridized carbons (Fsp3) is 0.875. The van der Waals surface area contributed by atoms with Crippen LogP contribution in [0.25, 0.3) is 0 Å². The van der Waals surface area contributed by atoms with Gasteiger partial charge in [0.2, 0.25) is 0 Å². The molecule has 1 N–H and O–H groups in total. The highest BCUT2D eigenvalue weighted by Crippen LogP contribution is 2.28. The average molecular weight is 222 g/mol. The van der Waals surface area contributed by atoms with E-state index in [0.29, 0.717) is 6.42 Å². The second-order valence-electron chi connectivity index (χ2n) is 3.26. The molecule has 0 bridgehead atoms. The molecule has 6 heteroatoms. The van der Waals surface area contributed by atoms with Gasteiger partial charge in [-0.05, 0) is 19.3 Å². The fourth-order valence-corrected chi connectivity index (χ4v) is 1.94. The molecule has 5 nitrogen and oxygen atoms in total.